The number of sulfonamides is 1. The average molecular weight is 464 g/mol. The minimum atomic E-state index is -3.58. The van der Waals surface area contributed by atoms with Crippen LogP contribution in [-0.2, 0) is 31.8 Å². The lowest BCUT2D eigenvalue weighted by atomic mass is 10.2. The molecule has 0 N–H and O–H groups in total. The number of pyridine rings is 1. The molecule has 3 aromatic rings. The van der Waals surface area contributed by atoms with Crippen LogP contribution in [-0.4, -0.2) is 67.1 Å². The quantitative estimate of drug-likeness (QED) is 0.334. The zero-order chi connectivity index (χ0) is 22.4. The van der Waals surface area contributed by atoms with Gasteiger partial charge >= 0.3 is 0 Å². The van der Waals surface area contributed by atoms with Crippen molar-refractivity contribution < 1.29 is 17.9 Å². The number of hydrogen-bond acceptors (Lipinski definition) is 8. The standard InChI is InChI=1S/C20H25N5O4S2/c1-24(2)31(26,27)17-10-7-8-15(12-17)19-22-23-20(25(19)13-18(28-3)29-4)30-14-16-9-5-6-11-21-16/h5-12,18H,13-14H2,1-4H3. The Labute approximate surface area is 186 Å². The van der Waals surface area contributed by atoms with Gasteiger partial charge < -0.3 is 9.47 Å². The maximum Gasteiger partial charge on any atom is 0.242 e. The minimum absolute atomic E-state index is 0.183. The molecule has 2 heterocycles. The van der Waals surface area contributed by atoms with Crippen LogP contribution in [0.25, 0.3) is 11.4 Å². The number of aromatic nitrogens is 4. The van der Waals surface area contributed by atoms with Gasteiger partial charge in [-0.25, -0.2) is 12.7 Å². The Bertz CT molecular complexity index is 1100. The molecule has 11 heteroatoms. The first kappa shape index (κ1) is 23.4. The molecule has 166 valence electrons. The first-order valence-electron chi connectivity index (χ1n) is 9.41. The maximum atomic E-state index is 12.6. The highest BCUT2D eigenvalue weighted by Gasteiger charge is 2.22. The van der Waals surface area contributed by atoms with Gasteiger partial charge in [0.15, 0.2) is 17.3 Å². The van der Waals surface area contributed by atoms with Crippen LogP contribution in [0.2, 0.25) is 0 Å². The second kappa shape index (κ2) is 10.3. The second-order valence-corrected chi connectivity index (χ2v) is 9.84. The molecule has 0 saturated heterocycles. The zero-order valence-corrected chi connectivity index (χ0v) is 19.4. The summed E-state index contributed by atoms with van der Waals surface area (Å²) in [5, 5.41) is 9.33. The first-order chi connectivity index (χ1) is 14.9. The van der Waals surface area contributed by atoms with Crippen molar-refractivity contribution in [1.29, 1.82) is 0 Å². The number of methoxy groups -OCH3 is 2. The molecular weight excluding hydrogens is 438 g/mol. The Morgan fingerprint density at radius 2 is 1.87 bits per heavy atom. The van der Waals surface area contributed by atoms with E-state index in [1.165, 1.54) is 30.2 Å². The van der Waals surface area contributed by atoms with E-state index in [-0.39, 0.29) is 4.90 Å². The van der Waals surface area contributed by atoms with Gasteiger partial charge in [-0.05, 0) is 24.3 Å². The lowest BCUT2D eigenvalue weighted by Gasteiger charge is -2.17. The van der Waals surface area contributed by atoms with Crippen LogP contribution in [0.3, 0.4) is 0 Å². The molecule has 0 amide bonds. The van der Waals surface area contributed by atoms with Crippen LogP contribution in [0.4, 0.5) is 0 Å². The summed E-state index contributed by atoms with van der Waals surface area (Å²) in [4.78, 5) is 4.52. The summed E-state index contributed by atoms with van der Waals surface area (Å²) >= 11 is 1.48. The third-order valence-electron chi connectivity index (χ3n) is 4.52. The zero-order valence-electron chi connectivity index (χ0n) is 17.8. The van der Waals surface area contributed by atoms with Crippen molar-refractivity contribution in [2.24, 2.45) is 0 Å². The third-order valence-corrected chi connectivity index (χ3v) is 7.33. The summed E-state index contributed by atoms with van der Waals surface area (Å²) in [6.07, 6.45) is 1.23. The van der Waals surface area contributed by atoms with E-state index in [4.69, 9.17) is 9.47 Å². The monoisotopic (exact) mass is 463 g/mol. The van der Waals surface area contributed by atoms with Gasteiger partial charge in [-0.2, -0.15) is 0 Å². The second-order valence-electron chi connectivity index (χ2n) is 6.74. The van der Waals surface area contributed by atoms with E-state index < -0.39 is 16.3 Å². The molecule has 0 fully saturated rings. The summed E-state index contributed by atoms with van der Waals surface area (Å²) in [6.45, 7) is 0.338. The number of nitrogens with zero attached hydrogens (tertiary/aromatic N) is 5. The Morgan fingerprint density at radius 3 is 2.52 bits per heavy atom. The van der Waals surface area contributed by atoms with Crippen molar-refractivity contribution in [3.8, 4) is 11.4 Å². The fraction of sp³-hybridized carbons (Fsp3) is 0.350. The molecule has 2 aromatic heterocycles. The molecule has 0 aliphatic rings. The molecule has 0 saturated carbocycles. The third kappa shape index (κ3) is 5.49. The highest BCUT2D eigenvalue weighted by Crippen LogP contribution is 2.28. The summed E-state index contributed by atoms with van der Waals surface area (Å²) < 4.78 is 38.9. The van der Waals surface area contributed by atoms with Gasteiger partial charge in [0.05, 0.1) is 17.1 Å². The van der Waals surface area contributed by atoms with E-state index in [2.05, 4.69) is 15.2 Å². The van der Waals surface area contributed by atoms with Crippen molar-refractivity contribution in [2.45, 2.75) is 28.6 Å². The summed E-state index contributed by atoms with van der Waals surface area (Å²) in [6, 6.07) is 12.4. The molecule has 0 aliphatic heterocycles. The molecule has 0 radical (unpaired) electrons. The van der Waals surface area contributed by atoms with Crippen molar-refractivity contribution in [3.05, 3.63) is 54.4 Å². The summed E-state index contributed by atoms with van der Waals surface area (Å²) in [7, 11) is 2.54. The van der Waals surface area contributed by atoms with Crippen molar-refractivity contribution >= 4 is 21.8 Å². The van der Waals surface area contributed by atoms with Gasteiger partial charge in [0, 0.05) is 45.8 Å². The van der Waals surface area contributed by atoms with Gasteiger partial charge in [-0.3, -0.25) is 9.55 Å². The highest BCUT2D eigenvalue weighted by atomic mass is 32.2. The van der Waals surface area contributed by atoms with E-state index in [1.54, 1.807) is 44.7 Å². The average Bonchev–Trinajstić information content (AvgIpc) is 3.19. The van der Waals surface area contributed by atoms with Crippen molar-refractivity contribution in [3.63, 3.8) is 0 Å². The Balaban J connectivity index is 1.99. The number of thioether (sulfide) groups is 1. The van der Waals surface area contributed by atoms with Crippen LogP contribution >= 0.6 is 11.8 Å². The van der Waals surface area contributed by atoms with E-state index in [9.17, 15) is 8.42 Å². The van der Waals surface area contributed by atoms with E-state index >= 15 is 0 Å². The molecule has 0 aliphatic carbocycles. The van der Waals surface area contributed by atoms with E-state index in [0.717, 1.165) is 5.69 Å². The first-order valence-corrected chi connectivity index (χ1v) is 11.8. The van der Waals surface area contributed by atoms with Gasteiger partial charge in [0.2, 0.25) is 10.0 Å². The van der Waals surface area contributed by atoms with Crippen LogP contribution < -0.4 is 0 Å². The topological polar surface area (TPSA) is 99.4 Å². The van der Waals surface area contributed by atoms with Crippen molar-refractivity contribution in [2.75, 3.05) is 28.3 Å². The summed E-state index contributed by atoms with van der Waals surface area (Å²) in [5.41, 5.74) is 1.55. The maximum absolute atomic E-state index is 12.6. The van der Waals surface area contributed by atoms with Gasteiger partial charge in [0.1, 0.15) is 0 Å². The summed E-state index contributed by atoms with van der Waals surface area (Å²) in [5.74, 6) is 1.14. The van der Waals surface area contributed by atoms with Crippen LogP contribution in [0, 0.1) is 0 Å². The molecule has 1 aromatic carbocycles. The Kier molecular flexibility index (Phi) is 7.79. The van der Waals surface area contributed by atoms with Gasteiger partial charge in [0.25, 0.3) is 0 Å². The lowest BCUT2D eigenvalue weighted by molar-refractivity contribution is -0.111. The molecule has 3 rings (SSSR count). The Morgan fingerprint density at radius 1 is 1.10 bits per heavy atom. The van der Waals surface area contributed by atoms with Gasteiger partial charge in [-0.15, -0.1) is 10.2 Å². The smallest absolute Gasteiger partial charge is 0.242 e. The molecule has 9 nitrogen and oxygen atoms in total. The fourth-order valence-electron chi connectivity index (χ4n) is 2.80. The van der Waals surface area contributed by atoms with E-state index in [0.29, 0.717) is 28.8 Å². The minimum Gasteiger partial charge on any atom is -0.354 e. The molecule has 0 spiro atoms. The van der Waals surface area contributed by atoms with Crippen LogP contribution in [0.15, 0.2) is 58.7 Å². The lowest BCUT2D eigenvalue weighted by Crippen LogP contribution is -2.22. The molecule has 0 atom stereocenters. The molecule has 0 bridgehead atoms. The fourth-order valence-corrected chi connectivity index (χ4v) is 4.61. The van der Waals surface area contributed by atoms with Gasteiger partial charge in [-0.1, -0.05) is 30.0 Å². The van der Waals surface area contributed by atoms with Crippen molar-refractivity contribution in [1.82, 2.24) is 24.1 Å². The largest absolute Gasteiger partial charge is 0.354 e. The predicted molar refractivity (Wildman–Crippen MR) is 118 cm³/mol. The molecular formula is C20H25N5O4S2. The number of ether oxygens (including phenoxy) is 2. The van der Waals surface area contributed by atoms with E-state index in [1.807, 2.05) is 22.8 Å². The van der Waals surface area contributed by atoms with Crippen LogP contribution in [0.5, 0.6) is 0 Å². The Hall–Kier alpha value is -2.31. The predicted octanol–water partition coefficient (Wildman–Crippen LogP) is 2.50. The molecule has 31 heavy (non-hydrogen) atoms. The number of hydrogen-bond donors (Lipinski definition) is 0. The SMILES string of the molecule is COC(Cn1c(SCc2ccccn2)nnc1-c1cccc(S(=O)(=O)N(C)C)c1)OC. The normalized spacial score (nSPS) is 12.1. The number of rotatable bonds is 10. The number of benzene rings is 1. The molecule has 0 unspecified atom stereocenters. The van der Waals surface area contributed by atoms with Crippen LogP contribution in [0.1, 0.15) is 5.69 Å². The highest BCUT2D eigenvalue weighted by molar-refractivity contribution is 7.98.